The van der Waals surface area contributed by atoms with Crippen LogP contribution in [0, 0.1) is 0 Å². The van der Waals surface area contributed by atoms with Gasteiger partial charge in [0.05, 0.1) is 12.8 Å². The van der Waals surface area contributed by atoms with Crippen molar-refractivity contribution < 1.29 is 19.0 Å². The molecule has 0 unspecified atom stereocenters. The van der Waals surface area contributed by atoms with Gasteiger partial charge in [0.2, 0.25) is 5.91 Å². The first-order valence-electron chi connectivity index (χ1n) is 7.07. The van der Waals surface area contributed by atoms with Crippen molar-refractivity contribution >= 4 is 17.7 Å². The fraction of sp³-hybridized carbons (Fsp3) is 0.167. The van der Waals surface area contributed by atoms with Crippen molar-refractivity contribution in [2.75, 3.05) is 26.3 Å². The summed E-state index contributed by atoms with van der Waals surface area (Å²) in [6.07, 6.45) is 3.20. The Morgan fingerprint density at radius 1 is 1.09 bits per heavy atom. The van der Waals surface area contributed by atoms with E-state index in [1.807, 2.05) is 36.4 Å². The molecule has 0 aliphatic heterocycles. The highest BCUT2D eigenvalue weighted by molar-refractivity contribution is 6.02. The summed E-state index contributed by atoms with van der Waals surface area (Å²) in [6, 6.07) is 14.6. The number of ether oxygens (including phenoxy) is 3. The lowest BCUT2D eigenvalue weighted by Gasteiger charge is -2.07. The van der Waals surface area contributed by atoms with Gasteiger partial charge in [-0.25, -0.2) is 0 Å². The molecule has 1 N–H and O–H groups in total. The Bertz CT molecular complexity index is 665. The van der Waals surface area contributed by atoms with Crippen LogP contribution in [0.5, 0.6) is 11.5 Å². The molecule has 0 aromatic heterocycles. The van der Waals surface area contributed by atoms with E-state index in [0.717, 1.165) is 5.56 Å². The van der Waals surface area contributed by atoms with E-state index >= 15 is 0 Å². The van der Waals surface area contributed by atoms with Crippen LogP contribution < -0.4 is 14.8 Å². The molecule has 2 aromatic carbocycles. The number of hydrogen-bond acceptors (Lipinski definition) is 4. The van der Waals surface area contributed by atoms with E-state index in [1.165, 1.54) is 6.08 Å². The molecule has 5 heteroatoms. The standard InChI is InChI=1S/C18H19NO4/c1-21-13-23-15-10-7-14(8-11-15)9-12-18(20)19-16-5-3-4-6-17(16)22-2/h3-12H,13H2,1-2H3,(H,19,20)/b12-9+. The number of anilines is 1. The van der Waals surface area contributed by atoms with Crippen LogP contribution in [0.25, 0.3) is 6.08 Å². The number of nitrogens with one attached hydrogen (secondary N) is 1. The van der Waals surface area contributed by atoms with Crippen LogP contribution in [0.2, 0.25) is 0 Å². The molecule has 2 aromatic rings. The summed E-state index contributed by atoms with van der Waals surface area (Å²) in [4.78, 5) is 12.0. The predicted octanol–water partition coefficient (Wildman–Crippen LogP) is 3.33. The van der Waals surface area contributed by atoms with E-state index in [-0.39, 0.29) is 12.7 Å². The molecule has 5 nitrogen and oxygen atoms in total. The number of methoxy groups -OCH3 is 2. The number of amides is 1. The lowest BCUT2D eigenvalue weighted by molar-refractivity contribution is -0.111. The van der Waals surface area contributed by atoms with Crippen molar-refractivity contribution in [2.24, 2.45) is 0 Å². The van der Waals surface area contributed by atoms with Gasteiger partial charge in [-0.2, -0.15) is 0 Å². The lowest BCUT2D eigenvalue weighted by Crippen LogP contribution is -2.08. The van der Waals surface area contributed by atoms with E-state index in [0.29, 0.717) is 17.2 Å². The average molecular weight is 313 g/mol. The quantitative estimate of drug-likeness (QED) is 0.629. The molecule has 120 valence electrons. The molecule has 0 bridgehead atoms. The Hall–Kier alpha value is -2.79. The molecule has 0 atom stereocenters. The van der Waals surface area contributed by atoms with Gasteiger partial charge in [0.1, 0.15) is 11.5 Å². The molecule has 0 heterocycles. The van der Waals surface area contributed by atoms with E-state index < -0.39 is 0 Å². The van der Waals surface area contributed by atoms with Crippen molar-refractivity contribution in [2.45, 2.75) is 0 Å². The zero-order valence-corrected chi connectivity index (χ0v) is 13.1. The monoisotopic (exact) mass is 313 g/mol. The molecule has 23 heavy (non-hydrogen) atoms. The number of para-hydroxylation sites is 2. The normalized spacial score (nSPS) is 10.5. The summed E-state index contributed by atoms with van der Waals surface area (Å²) in [6.45, 7) is 0.205. The highest BCUT2D eigenvalue weighted by Crippen LogP contribution is 2.23. The number of benzene rings is 2. The second-order valence-electron chi connectivity index (χ2n) is 4.64. The van der Waals surface area contributed by atoms with Gasteiger partial charge in [0.15, 0.2) is 6.79 Å². The fourth-order valence-corrected chi connectivity index (χ4v) is 1.90. The summed E-state index contributed by atoms with van der Waals surface area (Å²) >= 11 is 0. The van der Waals surface area contributed by atoms with Crippen LogP contribution in [0.3, 0.4) is 0 Å². The molecule has 0 spiro atoms. The maximum atomic E-state index is 12.0. The van der Waals surface area contributed by atoms with Crippen molar-refractivity contribution in [3.63, 3.8) is 0 Å². The Balaban J connectivity index is 1.95. The minimum absolute atomic E-state index is 0.205. The van der Waals surface area contributed by atoms with Crippen LogP contribution >= 0.6 is 0 Å². The minimum atomic E-state index is -0.228. The van der Waals surface area contributed by atoms with Gasteiger partial charge < -0.3 is 19.5 Å². The first-order valence-corrected chi connectivity index (χ1v) is 7.07. The summed E-state index contributed by atoms with van der Waals surface area (Å²) in [5.41, 5.74) is 1.53. The number of carbonyl (C=O) groups is 1. The largest absolute Gasteiger partial charge is 0.495 e. The zero-order chi connectivity index (χ0) is 16.5. The summed E-state index contributed by atoms with van der Waals surface area (Å²) in [5.74, 6) is 1.10. The van der Waals surface area contributed by atoms with Gasteiger partial charge in [-0.05, 0) is 35.9 Å². The van der Waals surface area contributed by atoms with Gasteiger partial charge in [-0.15, -0.1) is 0 Å². The van der Waals surface area contributed by atoms with E-state index in [1.54, 1.807) is 32.4 Å². The van der Waals surface area contributed by atoms with Crippen LogP contribution in [0.15, 0.2) is 54.6 Å². The number of rotatable bonds is 7. The molecule has 1 amide bonds. The Morgan fingerprint density at radius 2 is 1.83 bits per heavy atom. The molecular formula is C18H19NO4. The average Bonchev–Trinajstić information content (AvgIpc) is 2.59. The van der Waals surface area contributed by atoms with Gasteiger partial charge >= 0.3 is 0 Å². The first-order chi connectivity index (χ1) is 11.2. The topological polar surface area (TPSA) is 56.8 Å². The molecule has 2 rings (SSSR count). The molecule has 0 aliphatic carbocycles. The highest BCUT2D eigenvalue weighted by atomic mass is 16.7. The van der Waals surface area contributed by atoms with Crippen molar-refractivity contribution in [3.8, 4) is 11.5 Å². The van der Waals surface area contributed by atoms with E-state index in [4.69, 9.17) is 14.2 Å². The summed E-state index contributed by atoms with van der Waals surface area (Å²) in [5, 5.41) is 2.78. The second-order valence-corrected chi connectivity index (χ2v) is 4.64. The van der Waals surface area contributed by atoms with Gasteiger partial charge in [0, 0.05) is 13.2 Å². The van der Waals surface area contributed by atoms with Gasteiger partial charge in [-0.1, -0.05) is 24.3 Å². The Kier molecular flexibility index (Phi) is 6.20. The molecular weight excluding hydrogens is 294 g/mol. The summed E-state index contributed by atoms with van der Waals surface area (Å²) < 4.78 is 15.3. The third-order valence-corrected chi connectivity index (χ3v) is 3.02. The van der Waals surface area contributed by atoms with Gasteiger partial charge in [0.25, 0.3) is 0 Å². The van der Waals surface area contributed by atoms with Crippen molar-refractivity contribution in [3.05, 3.63) is 60.2 Å². The molecule has 0 saturated heterocycles. The fourth-order valence-electron chi connectivity index (χ4n) is 1.90. The van der Waals surface area contributed by atoms with Crippen LogP contribution in [0.1, 0.15) is 5.56 Å². The van der Waals surface area contributed by atoms with E-state index in [2.05, 4.69) is 5.32 Å². The Labute approximate surface area is 135 Å². The predicted molar refractivity (Wildman–Crippen MR) is 89.6 cm³/mol. The van der Waals surface area contributed by atoms with E-state index in [9.17, 15) is 4.79 Å². The van der Waals surface area contributed by atoms with Crippen LogP contribution in [0.4, 0.5) is 5.69 Å². The molecule has 0 saturated carbocycles. The number of carbonyl (C=O) groups excluding carboxylic acids is 1. The molecule has 0 fully saturated rings. The third-order valence-electron chi connectivity index (χ3n) is 3.02. The highest BCUT2D eigenvalue weighted by Gasteiger charge is 2.03. The maximum Gasteiger partial charge on any atom is 0.248 e. The minimum Gasteiger partial charge on any atom is -0.495 e. The first kappa shape index (κ1) is 16.6. The van der Waals surface area contributed by atoms with Crippen molar-refractivity contribution in [1.82, 2.24) is 0 Å². The Morgan fingerprint density at radius 3 is 2.52 bits per heavy atom. The van der Waals surface area contributed by atoms with Crippen LogP contribution in [-0.4, -0.2) is 26.9 Å². The third kappa shape index (κ3) is 5.16. The van der Waals surface area contributed by atoms with Crippen LogP contribution in [-0.2, 0) is 9.53 Å². The smallest absolute Gasteiger partial charge is 0.248 e. The SMILES string of the molecule is COCOc1ccc(/C=C/C(=O)Nc2ccccc2OC)cc1. The second kappa shape index (κ2) is 8.60. The van der Waals surface area contributed by atoms with Gasteiger partial charge in [-0.3, -0.25) is 4.79 Å². The maximum absolute atomic E-state index is 12.0. The lowest BCUT2D eigenvalue weighted by atomic mass is 10.2. The molecule has 0 aliphatic rings. The number of hydrogen-bond donors (Lipinski definition) is 1. The zero-order valence-electron chi connectivity index (χ0n) is 13.1. The molecule has 0 radical (unpaired) electrons. The van der Waals surface area contributed by atoms with Crippen molar-refractivity contribution in [1.29, 1.82) is 0 Å². The summed E-state index contributed by atoms with van der Waals surface area (Å²) in [7, 11) is 3.13.